The molecule has 1 spiro atoms. The number of amidine groups is 1. The van der Waals surface area contributed by atoms with Crippen molar-refractivity contribution in [3.8, 4) is 0 Å². The maximum Gasteiger partial charge on any atom is 0.108 e. The van der Waals surface area contributed by atoms with Gasteiger partial charge in [0, 0.05) is 34.4 Å². The predicted molar refractivity (Wildman–Crippen MR) is 104 cm³/mol. The van der Waals surface area contributed by atoms with Crippen LogP contribution in [-0.4, -0.2) is 19.0 Å². The number of fused-ring (bicyclic) bond motifs is 1. The van der Waals surface area contributed by atoms with Gasteiger partial charge in [0.2, 0.25) is 0 Å². The number of hydrogen-bond acceptors (Lipinski definition) is 2. The monoisotopic (exact) mass is 374 g/mol. The van der Waals surface area contributed by atoms with Gasteiger partial charge in [0.25, 0.3) is 0 Å². The quantitative estimate of drug-likeness (QED) is 0.767. The third-order valence-electron chi connectivity index (χ3n) is 5.11. The number of anilines is 1. The topological polar surface area (TPSA) is 33.6 Å². The SMILES string of the molecule is Clc1cccc(CN=C2Nc3ccc(Cl)cc3CC23CCOCC3)c1. The standard InChI is InChI=1S/C20H20Cl2N2O/c21-16-3-1-2-14(10-16)13-23-19-20(6-8-25-9-7-20)12-15-11-17(22)4-5-18(15)24-19/h1-5,10-11H,6-9,12-13H2,(H,23,24). The van der Waals surface area contributed by atoms with E-state index in [4.69, 9.17) is 32.9 Å². The van der Waals surface area contributed by atoms with Gasteiger partial charge >= 0.3 is 0 Å². The molecular weight excluding hydrogens is 355 g/mol. The fourth-order valence-corrected chi connectivity index (χ4v) is 4.14. The smallest absolute Gasteiger partial charge is 0.108 e. The van der Waals surface area contributed by atoms with Crippen LogP contribution in [0.15, 0.2) is 47.5 Å². The van der Waals surface area contributed by atoms with E-state index in [1.54, 1.807) is 0 Å². The molecule has 1 saturated heterocycles. The number of aliphatic imine (C=N–C) groups is 1. The Balaban J connectivity index is 1.68. The summed E-state index contributed by atoms with van der Waals surface area (Å²) in [7, 11) is 0. The number of nitrogens with zero attached hydrogens (tertiary/aromatic N) is 1. The first-order valence-electron chi connectivity index (χ1n) is 8.57. The van der Waals surface area contributed by atoms with Crippen LogP contribution in [0, 0.1) is 5.41 Å². The second-order valence-corrected chi connectivity index (χ2v) is 7.66. The van der Waals surface area contributed by atoms with E-state index in [9.17, 15) is 0 Å². The normalized spacial score (nSPS) is 20.3. The van der Waals surface area contributed by atoms with Crippen molar-refractivity contribution >= 4 is 34.7 Å². The lowest BCUT2D eigenvalue weighted by Gasteiger charge is -2.42. The van der Waals surface area contributed by atoms with Gasteiger partial charge in [0.15, 0.2) is 0 Å². The van der Waals surface area contributed by atoms with Crippen molar-refractivity contribution in [2.24, 2.45) is 10.4 Å². The summed E-state index contributed by atoms with van der Waals surface area (Å²) < 4.78 is 5.61. The van der Waals surface area contributed by atoms with E-state index < -0.39 is 0 Å². The van der Waals surface area contributed by atoms with Crippen LogP contribution in [0.1, 0.15) is 24.0 Å². The van der Waals surface area contributed by atoms with Crippen LogP contribution in [0.25, 0.3) is 0 Å². The molecule has 4 rings (SSSR count). The Hall–Kier alpha value is -1.55. The molecule has 130 valence electrons. The Morgan fingerprint density at radius 1 is 1.04 bits per heavy atom. The number of nitrogens with one attached hydrogen (secondary N) is 1. The lowest BCUT2D eigenvalue weighted by molar-refractivity contribution is 0.0449. The van der Waals surface area contributed by atoms with Crippen molar-refractivity contribution in [1.29, 1.82) is 0 Å². The average Bonchev–Trinajstić information content (AvgIpc) is 2.61. The zero-order chi connectivity index (χ0) is 17.3. The first kappa shape index (κ1) is 16.9. The molecule has 2 aliphatic heterocycles. The molecule has 0 aromatic heterocycles. The van der Waals surface area contributed by atoms with Crippen LogP contribution in [0.4, 0.5) is 5.69 Å². The second kappa shape index (κ2) is 6.99. The van der Waals surface area contributed by atoms with Gasteiger partial charge in [-0.25, -0.2) is 0 Å². The average molecular weight is 375 g/mol. The van der Waals surface area contributed by atoms with E-state index in [2.05, 4.69) is 17.4 Å². The highest BCUT2D eigenvalue weighted by atomic mass is 35.5. The van der Waals surface area contributed by atoms with Gasteiger partial charge < -0.3 is 10.1 Å². The van der Waals surface area contributed by atoms with Gasteiger partial charge in [0.1, 0.15) is 5.84 Å². The minimum atomic E-state index is 0.00844. The van der Waals surface area contributed by atoms with Gasteiger partial charge in [-0.1, -0.05) is 35.3 Å². The summed E-state index contributed by atoms with van der Waals surface area (Å²) >= 11 is 12.3. The van der Waals surface area contributed by atoms with Crippen LogP contribution in [0.3, 0.4) is 0 Å². The number of halogens is 2. The molecule has 0 amide bonds. The molecule has 3 nitrogen and oxygen atoms in total. The predicted octanol–water partition coefficient (Wildman–Crippen LogP) is 5.36. The Kier molecular flexibility index (Phi) is 4.72. The molecule has 2 aliphatic rings. The summed E-state index contributed by atoms with van der Waals surface area (Å²) in [5.41, 5.74) is 3.49. The molecule has 1 fully saturated rings. The van der Waals surface area contributed by atoms with E-state index in [-0.39, 0.29) is 5.41 Å². The van der Waals surface area contributed by atoms with E-state index in [1.807, 2.05) is 30.3 Å². The maximum absolute atomic E-state index is 6.20. The van der Waals surface area contributed by atoms with Crippen molar-refractivity contribution in [3.63, 3.8) is 0 Å². The lowest BCUT2D eigenvalue weighted by atomic mass is 9.71. The highest BCUT2D eigenvalue weighted by Crippen LogP contribution is 2.42. The second-order valence-electron chi connectivity index (χ2n) is 6.79. The molecule has 0 radical (unpaired) electrons. The molecule has 25 heavy (non-hydrogen) atoms. The lowest BCUT2D eigenvalue weighted by Crippen LogP contribution is -2.45. The fourth-order valence-electron chi connectivity index (χ4n) is 3.73. The fraction of sp³-hybridized carbons (Fsp3) is 0.350. The van der Waals surface area contributed by atoms with Gasteiger partial charge in [-0.2, -0.15) is 0 Å². The zero-order valence-corrected chi connectivity index (χ0v) is 15.4. The molecule has 5 heteroatoms. The van der Waals surface area contributed by atoms with Crippen molar-refractivity contribution in [3.05, 3.63) is 63.6 Å². The van der Waals surface area contributed by atoms with Gasteiger partial charge in [-0.15, -0.1) is 0 Å². The molecule has 0 bridgehead atoms. The Morgan fingerprint density at radius 3 is 2.64 bits per heavy atom. The first-order chi connectivity index (χ1) is 12.1. The summed E-state index contributed by atoms with van der Waals surface area (Å²) in [5, 5.41) is 5.10. The van der Waals surface area contributed by atoms with Crippen molar-refractivity contribution in [2.75, 3.05) is 18.5 Å². The Bertz CT molecular complexity index is 813. The molecule has 2 aromatic carbocycles. The van der Waals surface area contributed by atoms with Crippen molar-refractivity contribution in [1.82, 2.24) is 0 Å². The van der Waals surface area contributed by atoms with Crippen molar-refractivity contribution < 1.29 is 4.74 Å². The molecule has 0 atom stereocenters. The van der Waals surface area contributed by atoms with E-state index in [1.165, 1.54) is 5.56 Å². The molecule has 2 heterocycles. The summed E-state index contributed by atoms with van der Waals surface area (Å²) in [6.07, 6.45) is 2.90. The van der Waals surface area contributed by atoms with Gasteiger partial charge in [-0.05, 0) is 60.7 Å². The number of benzene rings is 2. The number of ether oxygens (including phenoxy) is 1. The third kappa shape index (κ3) is 3.55. The van der Waals surface area contributed by atoms with Crippen LogP contribution in [0.5, 0.6) is 0 Å². The maximum atomic E-state index is 6.20. The third-order valence-corrected chi connectivity index (χ3v) is 5.58. The Morgan fingerprint density at radius 2 is 1.84 bits per heavy atom. The van der Waals surface area contributed by atoms with E-state index in [0.29, 0.717) is 6.54 Å². The highest BCUT2D eigenvalue weighted by molar-refractivity contribution is 6.31. The summed E-state index contributed by atoms with van der Waals surface area (Å²) in [5.74, 6) is 1.06. The Labute approximate surface area is 158 Å². The summed E-state index contributed by atoms with van der Waals surface area (Å²) in [4.78, 5) is 4.95. The van der Waals surface area contributed by atoms with Gasteiger partial charge in [-0.3, -0.25) is 4.99 Å². The van der Waals surface area contributed by atoms with Crippen LogP contribution in [0.2, 0.25) is 10.0 Å². The minimum absolute atomic E-state index is 0.00844. The van der Waals surface area contributed by atoms with Gasteiger partial charge in [0.05, 0.1) is 6.54 Å². The molecule has 1 N–H and O–H groups in total. The molecule has 0 unspecified atom stereocenters. The molecular formula is C20H20Cl2N2O. The largest absolute Gasteiger partial charge is 0.381 e. The number of rotatable bonds is 2. The highest BCUT2D eigenvalue weighted by Gasteiger charge is 2.41. The summed E-state index contributed by atoms with van der Waals surface area (Å²) in [6.45, 7) is 2.16. The van der Waals surface area contributed by atoms with Crippen molar-refractivity contribution in [2.45, 2.75) is 25.8 Å². The molecule has 0 saturated carbocycles. The molecule has 0 aliphatic carbocycles. The van der Waals surface area contributed by atoms with Crippen LogP contribution in [-0.2, 0) is 17.7 Å². The molecule has 2 aromatic rings. The van der Waals surface area contributed by atoms with Crippen LogP contribution < -0.4 is 5.32 Å². The van der Waals surface area contributed by atoms with Crippen LogP contribution >= 0.6 is 23.2 Å². The first-order valence-corrected chi connectivity index (χ1v) is 9.33. The summed E-state index contributed by atoms with van der Waals surface area (Å²) in [6, 6.07) is 13.9. The zero-order valence-electron chi connectivity index (χ0n) is 13.9. The van der Waals surface area contributed by atoms with E-state index in [0.717, 1.165) is 59.6 Å². The van der Waals surface area contributed by atoms with E-state index >= 15 is 0 Å². The minimum Gasteiger partial charge on any atom is -0.381 e. The number of hydrogen-bond donors (Lipinski definition) is 1.